The van der Waals surface area contributed by atoms with E-state index in [0.717, 1.165) is 19.6 Å². The first-order chi connectivity index (χ1) is 12.1. The number of nitrogens with zero attached hydrogens (tertiary/aromatic N) is 2. The number of carbonyl (C=O) groups excluding carboxylic acids is 1. The minimum atomic E-state index is -0.578. The Hall–Kier alpha value is -2.40. The van der Waals surface area contributed by atoms with Gasteiger partial charge in [0.05, 0.1) is 0 Å². The molecule has 1 saturated heterocycles. The number of carbonyl (C=O) groups is 1. The first kappa shape index (κ1) is 17.4. The van der Waals surface area contributed by atoms with Gasteiger partial charge in [-0.2, -0.15) is 0 Å². The summed E-state index contributed by atoms with van der Waals surface area (Å²) in [6, 6.07) is 16.1. The summed E-state index contributed by atoms with van der Waals surface area (Å²) in [4.78, 5) is 16.7. The van der Waals surface area contributed by atoms with Crippen molar-refractivity contribution in [2.75, 3.05) is 26.2 Å². The highest BCUT2D eigenvalue weighted by Gasteiger charge is 2.26. The average Bonchev–Trinajstić information content (AvgIpc) is 2.64. The van der Waals surface area contributed by atoms with Crippen molar-refractivity contribution < 1.29 is 13.9 Å². The molecule has 4 nitrogen and oxygen atoms in total. The van der Waals surface area contributed by atoms with Gasteiger partial charge in [0.15, 0.2) is 6.10 Å². The second kappa shape index (κ2) is 8.12. The van der Waals surface area contributed by atoms with Gasteiger partial charge < -0.3 is 9.64 Å². The van der Waals surface area contributed by atoms with Crippen molar-refractivity contribution in [1.29, 1.82) is 0 Å². The first-order valence-corrected chi connectivity index (χ1v) is 8.59. The maximum atomic E-state index is 12.9. The maximum absolute atomic E-state index is 12.9. The topological polar surface area (TPSA) is 32.8 Å². The molecule has 25 heavy (non-hydrogen) atoms. The molecule has 2 aromatic rings. The molecule has 0 spiro atoms. The summed E-state index contributed by atoms with van der Waals surface area (Å²) in [5.74, 6) is 0.162. The summed E-state index contributed by atoms with van der Waals surface area (Å²) >= 11 is 0. The third kappa shape index (κ3) is 4.79. The Kier molecular flexibility index (Phi) is 5.66. The Bertz CT molecular complexity index is 683. The average molecular weight is 342 g/mol. The van der Waals surface area contributed by atoms with Crippen LogP contribution in [0, 0.1) is 5.82 Å². The molecule has 1 aliphatic rings. The van der Waals surface area contributed by atoms with E-state index in [0.29, 0.717) is 18.8 Å². The minimum absolute atomic E-state index is 0.0244. The second-order valence-corrected chi connectivity index (χ2v) is 6.30. The van der Waals surface area contributed by atoms with Crippen molar-refractivity contribution in [2.45, 2.75) is 19.6 Å². The van der Waals surface area contributed by atoms with E-state index in [2.05, 4.69) is 17.0 Å². The highest BCUT2D eigenvalue weighted by atomic mass is 19.1. The van der Waals surface area contributed by atoms with Crippen molar-refractivity contribution in [3.05, 3.63) is 66.0 Å². The molecular formula is C20H23FN2O2. The SMILES string of the molecule is CC(Oc1ccc(F)cc1)C(=O)N1CCN(Cc2ccccc2)CC1. The third-order valence-electron chi connectivity index (χ3n) is 4.41. The van der Waals surface area contributed by atoms with Crippen molar-refractivity contribution >= 4 is 5.91 Å². The molecule has 1 unspecified atom stereocenters. The lowest BCUT2D eigenvalue weighted by Gasteiger charge is -2.35. The van der Waals surface area contributed by atoms with Crippen LogP contribution in [0.1, 0.15) is 12.5 Å². The Balaban J connectivity index is 1.48. The number of hydrogen-bond acceptors (Lipinski definition) is 3. The summed E-state index contributed by atoms with van der Waals surface area (Å²) in [7, 11) is 0. The lowest BCUT2D eigenvalue weighted by molar-refractivity contribution is -0.139. The fourth-order valence-electron chi connectivity index (χ4n) is 2.99. The number of rotatable bonds is 5. The van der Waals surface area contributed by atoms with Crippen LogP contribution in [0.2, 0.25) is 0 Å². The zero-order chi connectivity index (χ0) is 17.6. The highest BCUT2D eigenvalue weighted by molar-refractivity contribution is 5.81. The van der Waals surface area contributed by atoms with Crippen LogP contribution < -0.4 is 4.74 Å². The molecule has 132 valence electrons. The molecule has 0 bridgehead atoms. The van der Waals surface area contributed by atoms with Crippen molar-refractivity contribution in [3.63, 3.8) is 0 Å². The number of hydrogen-bond donors (Lipinski definition) is 0. The first-order valence-electron chi connectivity index (χ1n) is 8.59. The van der Waals surface area contributed by atoms with Crippen LogP contribution in [0.5, 0.6) is 5.75 Å². The van der Waals surface area contributed by atoms with E-state index in [1.54, 1.807) is 6.92 Å². The van der Waals surface area contributed by atoms with E-state index in [1.165, 1.54) is 29.8 Å². The molecule has 5 heteroatoms. The van der Waals surface area contributed by atoms with E-state index in [9.17, 15) is 9.18 Å². The largest absolute Gasteiger partial charge is 0.481 e. The van der Waals surface area contributed by atoms with Gasteiger partial charge in [-0.15, -0.1) is 0 Å². The predicted molar refractivity (Wildman–Crippen MR) is 94.8 cm³/mol. The van der Waals surface area contributed by atoms with Crippen LogP contribution in [-0.4, -0.2) is 48.0 Å². The number of halogens is 1. The van der Waals surface area contributed by atoms with E-state index in [1.807, 2.05) is 23.1 Å². The van der Waals surface area contributed by atoms with E-state index < -0.39 is 6.10 Å². The van der Waals surface area contributed by atoms with Gasteiger partial charge in [0, 0.05) is 32.7 Å². The lowest BCUT2D eigenvalue weighted by Crippen LogP contribution is -2.51. The number of benzene rings is 2. The number of piperazine rings is 1. The number of ether oxygens (including phenoxy) is 1. The minimum Gasteiger partial charge on any atom is -0.481 e. The van der Waals surface area contributed by atoms with Crippen LogP contribution in [0.3, 0.4) is 0 Å². The quantitative estimate of drug-likeness (QED) is 0.838. The predicted octanol–water partition coefficient (Wildman–Crippen LogP) is 2.94. The van der Waals surface area contributed by atoms with Gasteiger partial charge in [0.2, 0.25) is 0 Å². The van der Waals surface area contributed by atoms with Gasteiger partial charge in [-0.3, -0.25) is 9.69 Å². The third-order valence-corrected chi connectivity index (χ3v) is 4.41. The van der Waals surface area contributed by atoms with Crippen LogP contribution >= 0.6 is 0 Å². The Morgan fingerprint density at radius 1 is 1.04 bits per heavy atom. The zero-order valence-electron chi connectivity index (χ0n) is 14.4. The summed E-state index contributed by atoms with van der Waals surface area (Å²) in [6.07, 6.45) is -0.578. The molecule has 0 N–H and O–H groups in total. The summed E-state index contributed by atoms with van der Waals surface area (Å²) in [5, 5.41) is 0. The van der Waals surface area contributed by atoms with Gasteiger partial charge in [-0.1, -0.05) is 30.3 Å². The molecule has 1 fully saturated rings. The second-order valence-electron chi connectivity index (χ2n) is 6.30. The molecule has 1 atom stereocenters. The molecule has 0 saturated carbocycles. The fourth-order valence-corrected chi connectivity index (χ4v) is 2.99. The lowest BCUT2D eigenvalue weighted by atomic mass is 10.2. The Labute approximate surface area is 147 Å². The Morgan fingerprint density at radius 2 is 1.68 bits per heavy atom. The van der Waals surface area contributed by atoms with Crippen LogP contribution in [0.4, 0.5) is 4.39 Å². The van der Waals surface area contributed by atoms with Gasteiger partial charge in [0.25, 0.3) is 5.91 Å². The maximum Gasteiger partial charge on any atom is 0.263 e. The van der Waals surface area contributed by atoms with Crippen LogP contribution in [0.15, 0.2) is 54.6 Å². The van der Waals surface area contributed by atoms with Gasteiger partial charge >= 0.3 is 0 Å². The van der Waals surface area contributed by atoms with Gasteiger partial charge in [0.1, 0.15) is 11.6 Å². The molecule has 0 radical (unpaired) electrons. The summed E-state index contributed by atoms with van der Waals surface area (Å²) in [6.45, 7) is 5.74. The molecular weight excluding hydrogens is 319 g/mol. The van der Waals surface area contributed by atoms with Crippen molar-refractivity contribution in [2.24, 2.45) is 0 Å². The molecule has 2 aromatic carbocycles. The molecule has 0 aliphatic carbocycles. The number of amides is 1. The summed E-state index contributed by atoms with van der Waals surface area (Å²) in [5.41, 5.74) is 1.29. The van der Waals surface area contributed by atoms with Crippen molar-refractivity contribution in [3.8, 4) is 5.75 Å². The zero-order valence-corrected chi connectivity index (χ0v) is 14.4. The van der Waals surface area contributed by atoms with E-state index in [-0.39, 0.29) is 11.7 Å². The monoisotopic (exact) mass is 342 g/mol. The fraction of sp³-hybridized carbons (Fsp3) is 0.350. The molecule has 1 amide bonds. The van der Waals surface area contributed by atoms with Crippen LogP contribution in [0.25, 0.3) is 0 Å². The molecule has 1 heterocycles. The normalized spacial score (nSPS) is 16.5. The molecule has 1 aliphatic heterocycles. The standard InChI is InChI=1S/C20H23FN2O2/c1-16(25-19-9-7-18(21)8-10-19)20(24)23-13-11-22(12-14-23)15-17-5-3-2-4-6-17/h2-10,16H,11-15H2,1H3. The smallest absolute Gasteiger partial charge is 0.263 e. The van der Waals surface area contributed by atoms with E-state index in [4.69, 9.17) is 4.74 Å². The van der Waals surface area contributed by atoms with Crippen molar-refractivity contribution in [1.82, 2.24) is 9.80 Å². The Morgan fingerprint density at radius 3 is 2.32 bits per heavy atom. The highest BCUT2D eigenvalue weighted by Crippen LogP contribution is 2.15. The molecule has 0 aromatic heterocycles. The van der Waals surface area contributed by atoms with Gasteiger partial charge in [-0.05, 0) is 36.8 Å². The van der Waals surface area contributed by atoms with Gasteiger partial charge in [-0.25, -0.2) is 4.39 Å². The molecule has 3 rings (SSSR count). The summed E-state index contributed by atoms with van der Waals surface area (Å²) < 4.78 is 18.6. The van der Waals surface area contributed by atoms with Crippen LogP contribution in [-0.2, 0) is 11.3 Å². The van der Waals surface area contributed by atoms with E-state index >= 15 is 0 Å².